The van der Waals surface area contributed by atoms with Crippen molar-refractivity contribution in [2.45, 2.75) is 66.7 Å². The van der Waals surface area contributed by atoms with Gasteiger partial charge in [-0.15, -0.1) is 0 Å². The molecule has 1 amide bonds. The van der Waals surface area contributed by atoms with Crippen molar-refractivity contribution >= 4 is 5.91 Å². The maximum absolute atomic E-state index is 10.6. The number of ether oxygens (including phenoxy) is 1. The zero-order chi connectivity index (χ0) is 14.2. The summed E-state index contributed by atoms with van der Waals surface area (Å²) in [6.07, 6.45) is 5.77. The molecule has 0 saturated heterocycles. The standard InChI is InChI=1S/C13H27NO2.C2H6.H2/c1-12(2)8-4-6-10-16-11-7-5-9-14-13(3)15;1-2;/h12H,4-11H2,1-3H3,(H,14,15);1-2H3;1H. The molecule has 0 saturated carbocycles. The van der Waals surface area contributed by atoms with Crippen LogP contribution in [0.1, 0.15) is 68.1 Å². The van der Waals surface area contributed by atoms with E-state index in [4.69, 9.17) is 4.74 Å². The number of nitrogens with one attached hydrogen (secondary N) is 1. The molecule has 0 atom stereocenters. The van der Waals surface area contributed by atoms with Crippen LogP contribution in [0.15, 0.2) is 0 Å². The molecule has 18 heavy (non-hydrogen) atoms. The summed E-state index contributed by atoms with van der Waals surface area (Å²) in [5.41, 5.74) is 0. The van der Waals surface area contributed by atoms with Crippen LogP contribution in [-0.4, -0.2) is 25.7 Å². The van der Waals surface area contributed by atoms with Crippen LogP contribution < -0.4 is 5.32 Å². The molecule has 0 fully saturated rings. The van der Waals surface area contributed by atoms with Crippen molar-refractivity contribution in [2.75, 3.05) is 19.8 Å². The average Bonchev–Trinajstić information content (AvgIpc) is 2.33. The van der Waals surface area contributed by atoms with Gasteiger partial charge in [-0.1, -0.05) is 40.5 Å². The normalized spacial score (nSPS) is 9.89. The van der Waals surface area contributed by atoms with Gasteiger partial charge in [0.1, 0.15) is 0 Å². The Morgan fingerprint density at radius 2 is 1.67 bits per heavy atom. The van der Waals surface area contributed by atoms with Crippen molar-refractivity contribution < 1.29 is 11.0 Å². The topological polar surface area (TPSA) is 38.3 Å². The molecule has 0 bridgehead atoms. The first-order chi connectivity index (χ1) is 8.63. The lowest BCUT2D eigenvalue weighted by atomic mass is 10.1. The van der Waals surface area contributed by atoms with E-state index in [0.717, 1.165) is 38.5 Å². The highest BCUT2D eigenvalue weighted by molar-refractivity contribution is 5.72. The molecular weight excluding hydrogens is 226 g/mol. The number of rotatable bonds is 10. The zero-order valence-electron chi connectivity index (χ0n) is 13.1. The Morgan fingerprint density at radius 1 is 1.11 bits per heavy atom. The van der Waals surface area contributed by atoms with E-state index in [0.29, 0.717) is 0 Å². The lowest BCUT2D eigenvalue weighted by molar-refractivity contribution is -0.118. The Bertz CT molecular complexity index is 176. The molecule has 112 valence electrons. The van der Waals surface area contributed by atoms with E-state index in [1.807, 2.05) is 13.8 Å². The van der Waals surface area contributed by atoms with Gasteiger partial charge >= 0.3 is 0 Å². The summed E-state index contributed by atoms with van der Waals surface area (Å²) >= 11 is 0. The van der Waals surface area contributed by atoms with Gasteiger partial charge in [0.25, 0.3) is 0 Å². The van der Waals surface area contributed by atoms with E-state index in [1.54, 1.807) is 6.92 Å². The van der Waals surface area contributed by atoms with Crippen LogP contribution in [0.4, 0.5) is 0 Å². The molecule has 0 aliphatic heterocycles. The van der Waals surface area contributed by atoms with E-state index in [2.05, 4.69) is 19.2 Å². The molecule has 3 nitrogen and oxygen atoms in total. The number of hydrogen-bond acceptors (Lipinski definition) is 2. The first kappa shape index (κ1) is 19.8. The monoisotopic (exact) mass is 261 g/mol. The van der Waals surface area contributed by atoms with Crippen LogP contribution in [0.5, 0.6) is 0 Å². The Hall–Kier alpha value is -0.570. The van der Waals surface area contributed by atoms with Crippen molar-refractivity contribution in [1.82, 2.24) is 5.32 Å². The SMILES string of the molecule is CC.CC(=O)NCCCCOCCCCC(C)C.[HH]. The van der Waals surface area contributed by atoms with Crippen molar-refractivity contribution in [3.63, 3.8) is 0 Å². The highest BCUT2D eigenvalue weighted by Crippen LogP contribution is 2.05. The quantitative estimate of drug-likeness (QED) is 0.603. The van der Waals surface area contributed by atoms with Crippen molar-refractivity contribution in [3.05, 3.63) is 0 Å². The van der Waals surface area contributed by atoms with E-state index in [1.165, 1.54) is 19.3 Å². The van der Waals surface area contributed by atoms with Crippen LogP contribution in [0, 0.1) is 5.92 Å². The van der Waals surface area contributed by atoms with Gasteiger partial charge < -0.3 is 10.1 Å². The minimum Gasteiger partial charge on any atom is -0.381 e. The lowest BCUT2D eigenvalue weighted by Crippen LogP contribution is -2.21. The minimum atomic E-state index is 0. The molecule has 0 aromatic heterocycles. The Kier molecular flexibility index (Phi) is 18.0. The summed E-state index contributed by atoms with van der Waals surface area (Å²) in [5.74, 6) is 0.854. The van der Waals surface area contributed by atoms with Crippen molar-refractivity contribution in [2.24, 2.45) is 5.92 Å². The molecule has 0 radical (unpaired) electrons. The van der Waals surface area contributed by atoms with Gasteiger partial charge in [-0.05, 0) is 25.2 Å². The number of unbranched alkanes of at least 4 members (excludes halogenated alkanes) is 2. The third kappa shape index (κ3) is 20.8. The maximum Gasteiger partial charge on any atom is 0.216 e. The first-order valence-corrected chi connectivity index (χ1v) is 7.45. The Morgan fingerprint density at radius 3 is 2.17 bits per heavy atom. The third-order valence-corrected chi connectivity index (χ3v) is 2.41. The molecule has 1 N–H and O–H groups in total. The minimum absolute atomic E-state index is 0. The molecule has 0 rings (SSSR count). The van der Waals surface area contributed by atoms with Crippen molar-refractivity contribution in [3.8, 4) is 0 Å². The number of carbonyl (C=O) groups excluding carboxylic acids is 1. The van der Waals surface area contributed by atoms with Gasteiger partial charge in [0.15, 0.2) is 0 Å². The average molecular weight is 261 g/mol. The molecule has 0 aromatic rings. The molecule has 0 aliphatic carbocycles. The fourth-order valence-electron chi connectivity index (χ4n) is 1.45. The smallest absolute Gasteiger partial charge is 0.216 e. The molecule has 0 spiro atoms. The second-order valence-corrected chi connectivity index (χ2v) is 4.69. The predicted octanol–water partition coefficient (Wildman–Crippen LogP) is 4.02. The summed E-state index contributed by atoms with van der Waals surface area (Å²) in [5, 5.41) is 2.77. The number of amides is 1. The van der Waals surface area contributed by atoms with E-state index >= 15 is 0 Å². The van der Waals surface area contributed by atoms with Crippen LogP contribution in [0.25, 0.3) is 0 Å². The summed E-state index contributed by atoms with van der Waals surface area (Å²) < 4.78 is 5.51. The molecule has 0 aromatic carbocycles. The molecule has 3 heteroatoms. The van der Waals surface area contributed by atoms with Gasteiger partial charge in [0, 0.05) is 28.1 Å². The summed E-state index contributed by atoms with van der Waals surface area (Å²) in [6.45, 7) is 12.5. The van der Waals surface area contributed by atoms with Gasteiger partial charge in [-0.2, -0.15) is 0 Å². The van der Waals surface area contributed by atoms with Crippen LogP contribution >= 0.6 is 0 Å². The zero-order valence-corrected chi connectivity index (χ0v) is 13.1. The summed E-state index contributed by atoms with van der Waals surface area (Å²) in [7, 11) is 0. The highest BCUT2D eigenvalue weighted by Gasteiger charge is 1.95. The maximum atomic E-state index is 10.6. The first-order valence-electron chi connectivity index (χ1n) is 7.45. The fraction of sp³-hybridized carbons (Fsp3) is 0.933. The fourth-order valence-corrected chi connectivity index (χ4v) is 1.45. The largest absolute Gasteiger partial charge is 0.381 e. The van der Waals surface area contributed by atoms with Gasteiger partial charge in [0.2, 0.25) is 5.91 Å². The second kappa shape index (κ2) is 16.4. The van der Waals surface area contributed by atoms with Crippen LogP contribution in [0.2, 0.25) is 0 Å². The highest BCUT2D eigenvalue weighted by atomic mass is 16.5. The van der Waals surface area contributed by atoms with E-state index in [-0.39, 0.29) is 7.33 Å². The Balaban J connectivity index is -0.000000809. The van der Waals surface area contributed by atoms with E-state index in [9.17, 15) is 4.79 Å². The number of hydrogen-bond donors (Lipinski definition) is 1. The molecule has 0 heterocycles. The van der Waals surface area contributed by atoms with Gasteiger partial charge in [0.05, 0.1) is 0 Å². The predicted molar refractivity (Wildman–Crippen MR) is 80.9 cm³/mol. The number of carbonyl (C=O) groups is 1. The Labute approximate surface area is 115 Å². The second-order valence-electron chi connectivity index (χ2n) is 4.69. The van der Waals surface area contributed by atoms with Gasteiger partial charge in [-0.25, -0.2) is 0 Å². The van der Waals surface area contributed by atoms with Gasteiger partial charge in [-0.3, -0.25) is 4.79 Å². The molecular formula is C15H35NO2. The summed E-state index contributed by atoms with van der Waals surface area (Å²) in [4.78, 5) is 10.6. The summed E-state index contributed by atoms with van der Waals surface area (Å²) in [6, 6.07) is 0. The lowest BCUT2D eigenvalue weighted by Gasteiger charge is -2.06. The van der Waals surface area contributed by atoms with Crippen LogP contribution in [0.3, 0.4) is 0 Å². The third-order valence-electron chi connectivity index (χ3n) is 2.41. The van der Waals surface area contributed by atoms with E-state index < -0.39 is 0 Å². The molecule has 0 unspecified atom stereocenters. The van der Waals surface area contributed by atoms with Crippen molar-refractivity contribution in [1.29, 1.82) is 0 Å². The molecule has 0 aliphatic rings. The van der Waals surface area contributed by atoms with Crippen LogP contribution in [-0.2, 0) is 9.53 Å².